The smallest absolute Gasteiger partial charge is 0.320 e. The number of aliphatic carboxylic acids is 1. The summed E-state index contributed by atoms with van der Waals surface area (Å²) < 4.78 is 0. The van der Waals surface area contributed by atoms with Gasteiger partial charge in [0.05, 0.1) is 0 Å². The summed E-state index contributed by atoms with van der Waals surface area (Å²) in [5, 5.41) is 19.6. The molecule has 1 aromatic carbocycles. The summed E-state index contributed by atoms with van der Waals surface area (Å²) in [5.41, 5.74) is 7.67. The van der Waals surface area contributed by atoms with Crippen LogP contribution < -0.4 is 5.73 Å². The molecular formula is C17H27NO3. The fourth-order valence-corrected chi connectivity index (χ4v) is 2.30. The summed E-state index contributed by atoms with van der Waals surface area (Å²) in [6.07, 6.45) is 0.252. The zero-order valence-corrected chi connectivity index (χ0v) is 13.8. The lowest BCUT2D eigenvalue weighted by Gasteiger charge is -2.28. The standard InChI is InChI=1S/C17H27NO3/c1-16(2,3)11-7-10(9-13(18)15(20)21)8-12(14(11)19)17(4,5)6/h7-8,13,19H,9,18H2,1-6H3,(H,20,21)/t13-/m1/s1. The quantitative estimate of drug-likeness (QED) is 0.800. The fraction of sp³-hybridized carbons (Fsp3) is 0.588. The first-order valence-corrected chi connectivity index (χ1v) is 7.19. The molecule has 0 fully saturated rings. The van der Waals surface area contributed by atoms with E-state index in [-0.39, 0.29) is 17.3 Å². The highest BCUT2D eigenvalue weighted by molar-refractivity contribution is 5.73. The van der Waals surface area contributed by atoms with E-state index in [1.54, 1.807) is 0 Å². The van der Waals surface area contributed by atoms with E-state index in [9.17, 15) is 9.90 Å². The molecule has 0 unspecified atom stereocenters. The van der Waals surface area contributed by atoms with Gasteiger partial charge in [-0.05, 0) is 33.9 Å². The highest BCUT2D eigenvalue weighted by atomic mass is 16.4. The normalized spacial score (nSPS) is 14.0. The molecule has 1 rings (SSSR count). The molecule has 0 heterocycles. The monoisotopic (exact) mass is 293 g/mol. The third-order valence-electron chi connectivity index (χ3n) is 3.56. The minimum Gasteiger partial charge on any atom is -0.507 e. The van der Waals surface area contributed by atoms with Crippen LogP contribution in [0.4, 0.5) is 0 Å². The van der Waals surface area contributed by atoms with Crippen molar-refractivity contribution in [1.29, 1.82) is 0 Å². The second kappa shape index (κ2) is 5.68. The lowest BCUT2D eigenvalue weighted by Crippen LogP contribution is -2.32. The van der Waals surface area contributed by atoms with Gasteiger partial charge in [-0.1, -0.05) is 53.7 Å². The van der Waals surface area contributed by atoms with E-state index in [0.717, 1.165) is 16.7 Å². The zero-order chi connectivity index (χ0) is 16.6. The minimum atomic E-state index is -1.02. The number of carboxylic acid groups (broad SMARTS) is 1. The van der Waals surface area contributed by atoms with Crippen molar-refractivity contribution >= 4 is 5.97 Å². The minimum absolute atomic E-state index is 0.229. The first-order chi connectivity index (χ1) is 9.34. The Morgan fingerprint density at radius 3 is 1.76 bits per heavy atom. The summed E-state index contributed by atoms with van der Waals surface area (Å²) in [6.45, 7) is 12.1. The number of nitrogens with two attached hydrogens (primary N) is 1. The predicted octanol–water partition coefficient (Wildman–Crippen LogP) is 2.94. The van der Waals surface area contributed by atoms with E-state index in [4.69, 9.17) is 10.8 Å². The van der Waals surface area contributed by atoms with E-state index in [0.29, 0.717) is 5.75 Å². The van der Waals surface area contributed by atoms with Crippen LogP contribution in [0.2, 0.25) is 0 Å². The number of phenolic OH excluding ortho intramolecular Hbond substituents is 1. The van der Waals surface area contributed by atoms with Crippen molar-refractivity contribution in [2.45, 2.75) is 64.8 Å². The van der Waals surface area contributed by atoms with Crippen molar-refractivity contribution in [2.24, 2.45) is 5.73 Å². The Hall–Kier alpha value is -1.55. The Morgan fingerprint density at radius 1 is 1.10 bits per heavy atom. The molecule has 4 N–H and O–H groups in total. The molecule has 4 heteroatoms. The molecule has 1 atom stereocenters. The number of phenols is 1. The number of hydrogen-bond acceptors (Lipinski definition) is 3. The molecule has 0 aromatic heterocycles. The molecule has 118 valence electrons. The van der Waals surface area contributed by atoms with Crippen LogP contribution in [0, 0.1) is 0 Å². The fourth-order valence-electron chi connectivity index (χ4n) is 2.30. The first-order valence-electron chi connectivity index (χ1n) is 7.19. The van der Waals surface area contributed by atoms with Crippen LogP contribution in [0.15, 0.2) is 12.1 Å². The molecule has 0 spiro atoms. The maximum absolute atomic E-state index is 11.0. The lowest BCUT2D eigenvalue weighted by molar-refractivity contribution is -0.138. The molecule has 0 amide bonds. The number of carboxylic acids is 1. The van der Waals surface area contributed by atoms with Crippen LogP contribution in [0.5, 0.6) is 5.75 Å². The predicted molar refractivity (Wildman–Crippen MR) is 84.8 cm³/mol. The van der Waals surface area contributed by atoms with Gasteiger partial charge in [-0.3, -0.25) is 4.79 Å². The molecule has 0 saturated carbocycles. The third kappa shape index (κ3) is 4.21. The van der Waals surface area contributed by atoms with E-state index < -0.39 is 12.0 Å². The van der Waals surface area contributed by atoms with Gasteiger partial charge in [0.25, 0.3) is 0 Å². The van der Waals surface area contributed by atoms with Gasteiger partial charge in [-0.15, -0.1) is 0 Å². The number of rotatable bonds is 3. The molecule has 0 aliphatic carbocycles. The average Bonchev–Trinajstić information content (AvgIpc) is 2.27. The molecule has 0 bridgehead atoms. The van der Waals surface area contributed by atoms with E-state index >= 15 is 0 Å². The molecule has 0 aliphatic heterocycles. The summed E-state index contributed by atoms with van der Waals surface area (Å²) in [5.74, 6) is -0.722. The molecule has 1 aromatic rings. The lowest BCUT2D eigenvalue weighted by atomic mass is 9.78. The second-order valence-corrected chi connectivity index (χ2v) is 7.69. The van der Waals surface area contributed by atoms with Crippen LogP contribution in [-0.2, 0) is 22.0 Å². The number of hydrogen-bond donors (Lipinski definition) is 3. The largest absolute Gasteiger partial charge is 0.507 e. The van der Waals surface area contributed by atoms with Gasteiger partial charge in [0, 0.05) is 0 Å². The van der Waals surface area contributed by atoms with Crippen LogP contribution >= 0.6 is 0 Å². The Bertz CT molecular complexity index is 501. The number of aromatic hydroxyl groups is 1. The Morgan fingerprint density at radius 2 is 1.48 bits per heavy atom. The van der Waals surface area contributed by atoms with Crippen LogP contribution in [-0.4, -0.2) is 22.2 Å². The topological polar surface area (TPSA) is 83.6 Å². The molecule has 4 nitrogen and oxygen atoms in total. The summed E-state index contributed by atoms with van der Waals surface area (Å²) in [7, 11) is 0. The van der Waals surface area contributed by atoms with Crippen LogP contribution in [0.1, 0.15) is 58.2 Å². The highest BCUT2D eigenvalue weighted by Crippen LogP contribution is 2.39. The number of benzene rings is 1. The van der Waals surface area contributed by atoms with Crippen molar-refractivity contribution in [1.82, 2.24) is 0 Å². The molecule has 0 radical (unpaired) electrons. The van der Waals surface area contributed by atoms with Gasteiger partial charge in [0.1, 0.15) is 11.8 Å². The molecule has 0 aliphatic rings. The Balaban J connectivity index is 3.44. The zero-order valence-electron chi connectivity index (χ0n) is 13.8. The van der Waals surface area contributed by atoms with Crippen molar-refractivity contribution in [3.63, 3.8) is 0 Å². The number of carbonyl (C=O) groups is 1. The van der Waals surface area contributed by atoms with Crippen LogP contribution in [0.3, 0.4) is 0 Å². The molecule has 0 saturated heterocycles. The maximum Gasteiger partial charge on any atom is 0.320 e. The van der Waals surface area contributed by atoms with E-state index in [1.165, 1.54) is 0 Å². The van der Waals surface area contributed by atoms with Crippen molar-refractivity contribution in [3.8, 4) is 5.75 Å². The van der Waals surface area contributed by atoms with Gasteiger partial charge in [0.2, 0.25) is 0 Å². The Kier molecular flexibility index (Phi) is 4.73. The van der Waals surface area contributed by atoms with Crippen LogP contribution in [0.25, 0.3) is 0 Å². The average molecular weight is 293 g/mol. The van der Waals surface area contributed by atoms with Crippen molar-refractivity contribution in [3.05, 3.63) is 28.8 Å². The highest BCUT2D eigenvalue weighted by Gasteiger charge is 2.27. The van der Waals surface area contributed by atoms with Gasteiger partial charge >= 0.3 is 5.97 Å². The van der Waals surface area contributed by atoms with Gasteiger partial charge in [-0.25, -0.2) is 0 Å². The SMILES string of the molecule is CC(C)(C)c1cc(C[C@@H](N)C(=O)O)cc(C(C)(C)C)c1O. The summed E-state index contributed by atoms with van der Waals surface area (Å²) in [6, 6.07) is 2.80. The van der Waals surface area contributed by atoms with Gasteiger partial charge in [-0.2, -0.15) is 0 Å². The second-order valence-electron chi connectivity index (χ2n) is 7.69. The molecular weight excluding hydrogens is 266 g/mol. The van der Waals surface area contributed by atoms with Gasteiger partial charge < -0.3 is 15.9 Å². The van der Waals surface area contributed by atoms with E-state index in [1.807, 2.05) is 53.7 Å². The Labute approximate surface area is 127 Å². The van der Waals surface area contributed by atoms with Gasteiger partial charge in [0.15, 0.2) is 0 Å². The maximum atomic E-state index is 11.0. The summed E-state index contributed by atoms with van der Waals surface area (Å²) >= 11 is 0. The van der Waals surface area contributed by atoms with Crippen molar-refractivity contribution < 1.29 is 15.0 Å². The summed E-state index contributed by atoms with van der Waals surface area (Å²) in [4.78, 5) is 11.0. The third-order valence-corrected chi connectivity index (χ3v) is 3.56. The molecule has 21 heavy (non-hydrogen) atoms. The van der Waals surface area contributed by atoms with Crippen molar-refractivity contribution in [2.75, 3.05) is 0 Å². The first kappa shape index (κ1) is 17.5. The van der Waals surface area contributed by atoms with E-state index in [2.05, 4.69) is 0 Å².